The summed E-state index contributed by atoms with van der Waals surface area (Å²) >= 11 is 0. The van der Waals surface area contributed by atoms with Crippen LogP contribution in [0.5, 0.6) is 0 Å². The Kier molecular flexibility index (Phi) is 8.32. The van der Waals surface area contributed by atoms with E-state index >= 15 is 0 Å². The molecule has 1 N–H and O–H groups in total. The van der Waals surface area contributed by atoms with Gasteiger partial charge in [-0.2, -0.15) is 0 Å². The van der Waals surface area contributed by atoms with Gasteiger partial charge in [0.1, 0.15) is 0 Å². The Labute approximate surface area is 124 Å². The normalized spacial score (nSPS) is 10.9. The first-order chi connectivity index (χ1) is 9.66. The number of ketones is 1. The van der Waals surface area contributed by atoms with Crippen LogP contribution in [0, 0.1) is 13.8 Å². The van der Waals surface area contributed by atoms with E-state index in [1.54, 1.807) is 0 Å². The van der Waals surface area contributed by atoms with Crippen LogP contribution in [0.4, 0.5) is 0 Å². The third-order valence-electron chi connectivity index (χ3n) is 4.06. The third-order valence-corrected chi connectivity index (χ3v) is 4.06. The number of aryl methyl sites for hydroxylation is 2. The minimum atomic E-state index is 0.309. The first-order valence-corrected chi connectivity index (χ1v) is 8.34. The second-order valence-corrected chi connectivity index (χ2v) is 5.97. The SMILES string of the molecule is CCCCCCCCCCCC(=O)c1c(C)c[nH]c1C. The Hall–Kier alpha value is -1.05. The fourth-order valence-electron chi connectivity index (χ4n) is 2.81. The molecule has 0 spiro atoms. The Balaban J connectivity index is 2.06. The summed E-state index contributed by atoms with van der Waals surface area (Å²) in [5.41, 5.74) is 3.02. The number of unbranched alkanes of at least 4 members (excludes halogenated alkanes) is 8. The highest BCUT2D eigenvalue weighted by Gasteiger charge is 2.12. The molecule has 0 bridgehead atoms. The van der Waals surface area contributed by atoms with Crippen molar-refractivity contribution in [3.05, 3.63) is 23.0 Å². The number of rotatable bonds is 11. The Bertz CT molecular complexity index is 373. The van der Waals surface area contributed by atoms with Gasteiger partial charge in [0.15, 0.2) is 5.78 Å². The maximum atomic E-state index is 12.1. The van der Waals surface area contributed by atoms with Crippen molar-refractivity contribution in [2.24, 2.45) is 0 Å². The van der Waals surface area contributed by atoms with E-state index in [0.29, 0.717) is 12.2 Å². The monoisotopic (exact) mass is 277 g/mol. The van der Waals surface area contributed by atoms with Gasteiger partial charge in [0.25, 0.3) is 0 Å². The molecule has 0 saturated carbocycles. The van der Waals surface area contributed by atoms with E-state index in [2.05, 4.69) is 11.9 Å². The van der Waals surface area contributed by atoms with Gasteiger partial charge in [-0.05, 0) is 25.8 Å². The molecule has 1 heterocycles. The number of hydrogen-bond acceptors (Lipinski definition) is 1. The van der Waals surface area contributed by atoms with Gasteiger partial charge >= 0.3 is 0 Å². The zero-order valence-corrected chi connectivity index (χ0v) is 13.6. The van der Waals surface area contributed by atoms with Gasteiger partial charge in [-0.3, -0.25) is 4.79 Å². The third kappa shape index (κ3) is 5.94. The average Bonchev–Trinajstić information content (AvgIpc) is 2.76. The topological polar surface area (TPSA) is 32.9 Å². The van der Waals surface area contributed by atoms with Crippen molar-refractivity contribution >= 4 is 5.78 Å². The fourth-order valence-corrected chi connectivity index (χ4v) is 2.81. The number of aromatic nitrogens is 1. The van der Waals surface area contributed by atoms with Gasteiger partial charge < -0.3 is 4.98 Å². The molecule has 2 nitrogen and oxygen atoms in total. The molecule has 0 aliphatic heterocycles. The van der Waals surface area contributed by atoms with Gasteiger partial charge in [-0.1, -0.05) is 58.3 Å². The molecule has 0 radical (unpaired) electrons. The highest BCUT2D eigenvalue weighted by molar-refractivity contribution is 5.98. The number of carbonyl (C=O) groups is 1. The van der Waals surface area contributed by atoms with Crippen molar-refractivity contribution in [3.63, 3.8) is 0 Å². The summed E-state index contributed by atoms with van der Waals surface area (Å²) in [7, 11) is 0. The van der Waals surface area contributed by atoms with Gasteiger partial charge in [0, 0.05) is 23.9 Å². The Morgan fingerprint density at radius 3 is 2.00 bits per heavy atom. The van der Waals surface area contributed by atoms with Crippen LogP contribution in [-0.4, -0.2) is 10.8 Å². The van der Waals surface area contributed by atoms with Crippen molar-refractivity contribution < 1.29 is 4.79 Å². The summed E-state index contributed by atoms with van der Waals surface area (Å²) < 4.78 is 0. The lowest BCUT2D eigenvalue weighted by Gasteiger charge is -2.03. The highest BCUT2D eigenvalue weighted by Crippen LogP contribution is 2.17. The van der Waals surface area contributed by atoms with Crippen LogP contribution < -0.4 is 0 Å². The minimum Gasteiger partial charge on any atom is -0.364 e. The molecule has 0 unspecified atom stereocenters. The van der Waals surface area contributed by atoms with Crippen LogP contribution in [0.3, 0.4) is 0 Å². The van der Waals surface area contributed by atoms with E-state index in [4.69, 9.17) is 0 Å². The molecule has 0 fully saturated rings. The summed E-state index contributed by atoms with van der Waals surface area (Å²) in [4.78, 5) is 15.3. The fraction of sp³-hybridized carbons (Fsp3) is 0.722. The number of nitrogens with one attached hydrogen (secondary N) is 1. The zero-order valence-electron chi connectivity index (χ0n) is 13.6. The van der Waals surface area contributed by atoms with Crippen LogP contribution in [0.25, 0.3) is 0 Å². The van der Waals surface area contributed by atoms with Crippen molar-refractivity contribution in [3.8, 4) is 0 Å². The van der Waals surface area contributed by atoms with Gasteiger partial charge in [0.2, 0.25) is 0 Å². The van der Waals surface area contributed by atoms with E-state index in [-0.39, 0.29) is 0 Å². The Morgan fingerprint density at radius 1 is 0.950 bits per heavy atom. The van der Waals surface area contributed by atoms with Crippen molar-refractivity contribution in [2.45, 2.75) is 85.0 Å². The molecule has 1 rings (SSSR count). The molecule has 2 heteroatoms. The molecule has 0 aromatic carbocycles. The number of carbonyl (C=O) groups excluding carboxylic acids is 1. The number of aromatic amines is 1. The molecule has 0 aliphatic carbocycles. The Morgan fingerprint density at radius 2 is 1.50 bits per heavy atom. The predicted molar refractivity (Wildman–Crippen MR) is 86.4 cm³/mol. The molecule has 1 aromatic heterocycles. The number of H-pyrrole nitrogens is 1. The molecule has 1 aromatic rings. The second kappa shape index (κ2) is 9.79. The van der Waals surface area contributed by atoms with Crippen LogP contribution in [0.2, 0.25) is 0 Å². The summed E-state index contributed by atoms with van der Waals surface area (Å²) in [5.74, 6) is 0.309. The highest BCUT2D eigenvalue weighted by atomic mass is 16.1. The largest absolute Gasteiger partial charge is 0.364 e. The first kappa shape index (κ1) is 17.0. The average molecular weight is 277 g/mol. The van der Waals surface area contributed by atoms with E-state index in [0.717, 1.165) is 23.2 Å². The summed E-state index contributed by atoms with van der Waals surface area (Å²) in [6, 6.07) is 0. The van der Waals surface area contributed by atoms with Crippen molar-refractivity contribution in [1.82, 2.24) is 4.98 Å². The summed E-state index contributed by atoms with van der Waals surface area (Å²) in [5, 5.41) is 0. The quantitative estimate of drug-likeness (QED) is 0.406. The summed E-state index contributed by atoms with van der Waals surface area (Å²) in [6.07, 6.45) is 14.3. The summed E-state index contributed by atoms with van der Waals surface area (Å²) in [6.45, 7) is 6.24. The smallest absolute Gasteiger partial charge is 0.164 e. The van der Waals surface area contributed by atoms with Crippen LogP contribution in [0.15, 0.2) is 6.20 Å². The minimum absolute atomic E-state index is 0.309. The molecule has 20 heavy (non-hydrogen) atoms. The maximum Gasteiger partial charge on any atom is 0.164 e. The van der Waals surface area contributed by atoms with E-state index in [1.165, 1.54) is 51.4 Å². The predicted octanol–water partition coefficient (Wildman–Crippen LogP) is 5.74. The second-order valence-electron chi connectivity index (χ2n) is 5.97. The number of hydrogen-bond donors (Lipinski definition) is 1. The van der Waals surface area contributed by atoms with E-state index in [1.807, 2.05) is 20.0 Å². The zero-order chi connectivity index (χ0) is 14.8. The van der Waals surface area contributed by atoms with Crippen molar-refractivity contribution in [1.29, 1.82) is 0 Å². The maximum absolute atomic E-state index is 12.1. The molecule has 0 atom stereocenters. The van der Waals surface area contributed by atoms with Gasteiger partial charge in [-0.15, -0.1) is 0 Å². The van der Waals surface area contributed by atoms with E-state index in [9.17, 15) is 4.79 Å². The van der Waals surface area contributed by atoms with Crippen LogP contribution in [-0.2, 0) is 0 Å². The molecule has 0 amide bonds. The van der Waals surface area contributed by atoms with Gasteiger partial charge in [-0.25, -0.2) is 0 Å². The van der Waals surface area contributed by atoms with Gasteiger partial charge in [0.05, 0.1) is 0 Å². The standard InChI is InChI=1S/C18H31NO/c1-4-5-6-7-8-9-10-11-12-13-17(20)18-15(2)14-19-16(18)3/h14,19H,4-13H2,1-3H3. The van der Waals surface area contributed by atoms with Crippen LogP contribution in [0.1, 0.15) is 92.7 Å². The number of Topliss-reactive ketones (excluding diaryl/α,β-unsaturated/α-hetero) is 1. The van der Waals surface area contributed by atoms with E-state index < -0.39 is 0 Å². The lowest BCUT2D eigenvalue weighted by Crippen LogP contribution is -2.01. The molecule has 114 valence electrons. The van der Waals surface area contributed by atoms with Crippen LogP contribution >= 0.6 is 0 Å². The lowest BCUT2D eigenvalue weighted by atomic mass is 10.0. The molecule has 0 saturated heterocycles. The molecule has 0 aliphatic rings. The molecular formula is C18H31NO. The van der Waals surface area contributed by atoms with Crippen molar-refractivity contribution in [2.75, 3.05) is 0 Å². The molecular weight excluding hydrogens is 246 g/mol. The first-order valence-electron chi connectivity index (χ1n) is 8.34. The lowest BCUT2D eigenvalue weighted by molar-refractivity contribution is 0.0978.